The molecule has 5 nitrogen and oxygen atoms in total. The van der Waals surface area contributed by atoms with Gasteiger partial charge in [-0.15, -0.1) is 0 Å². The minimum Gasteiger partial charge on any atom is -0.497 e. The van der Waals surface area contributed by atoms with Crippen molar-refractivity contribution in [2.24, 2.45) is 5.92 Å². The van der Waals surface area contributed by atoms with E-state index in [1.807, 2.05) is 29.2 Å². The lowest BCUT2D eigenvalue weighted by Crippen LogP contribution is -2.54. The molecular formula is C29H47NO4. The molecule has 1 aromatic carbocycles. The Bertz CT molecular complexity index is 699. The van der Waals surface area contributed by atoms with Gasteiger partial charge in [0.05, 0.1) is 20.3 Å². The standard InChI is InChI=1S/C29H47NO4/c1-4-6-7-8-9-10-11-13-16-26(24-34-23-25-17-19-27(33-3)20-18-25)29(32,5-2)28(31)30-21-14-12-15-22-30/h5,17-20,26,32H,2,4,6-16,21-24H2,1,3H3/t26-,29-/m0/s1. The third kappa shape index (κ3) is 9.07. The number of hydrogen-bond donors (Lipinski definition) is 1. The third-order valence-electron chi connectivity index (χ3n) is 7.07. The second kappa shape index (κ2) is 15.9. The second-order valence-electron chi connectivity index (χ2n) is 9.71. The summed E-state index contributed by atoms with van der Waals surface area (Å²) in [6, 6.07) is 7.78. The number of carbonyl (C=O) groups excluding carboxylic acids is 1. The fourth-order valence-electron chi connectivity index (χ4n) is 4.77. The van der Waals surface area contributed by atoms with Gasteiger partial charge in [0.15, 0.2) is 5.60 Å². The van der Waals surface area contributed by atoms with Gasteiger partial charge in [-0.05, 0) is 43.4 Å². The highest BCUT2D eigenvalue weighted by Crippen LogP contribution is 2.29. The Balaban J connectivity index is 1.95. The second-order valence-corrected chi connectivity index (χ2v) is 9.71. The van der Waals surface area contributed by atoms with Gasteiger partial charge in [-0.1, -0.05) is 83.1 Å². The average molecular weight is 474 g/mol. The summed E-state index contributed by atoms with van der Waals surface area (Å²) in [7, 11) is 1.65. The van der Waals surface area contributed by atoms with E-state index in [1.54, 1.807) is 7.11 Å². The summed E-state index contributed by atoms with van der Waals surface area (Å²) in [5.41, 5.74) is -0.547. The number of amides is 1. The molecule has 2 atom stereocenters. The van der Waals surface area contributed by atoms with Crippen molar-refractivity contribution in [3.05, 3.63) is 42.5 Å². The van der Waals surface area contributed by atoms with Crippen molar-refractivity contribution >= 4 is 5.91 Å². The summed E-state index contributed by atoms with van der Waals surface area (Å²) < 4.78 is 11.3. The van der Waals surface area contributed by atoms with Gasteiger partial charge in [-0.25, -0.2) is 0 Å². The van der Waals surface area contributed by atoms with E-state index in [1.165, 1.54) is 44.6 Å². The van der Waals surface area contributed by atoms with Crippen LogP contribution < -0.4 is 4.74 Å². The fraction of sp³-hybridized carbons (Fsp3) is 0.690. The molecule has 1 fully saturated rings. The molecule has 1 amide bonds. The van der Waals surface area contributed by atoms with Crippen LogP contribution in [0.15, 0.2) is 36.9 Å². The number of methoxy groups -OCH3 is 1. The Morgan fingerprint density at radius 3 is 2.26 bits per heavy atom. The van der Waals surface area contributed by atoms with Crippen LogP contribution >= 0.6 is 0 Å². The van der Waals surface area contributed by atoms with Crippen LogP contribution in [0.4, 0.5) is 0 Å². The lowest BCUT2D eigenvalue weighted by atomic mass is 9.82. The summed E-state index contributed by atoms with van der Waals surface area (Å²) in [5, 5.41) is 11.6. The number of hydrogen-bond acceptors (Lipinski definition) is 4. The van der Waals surface area contributed by atoms with E-state index in [-0.39, 0.29) is 11.8 Å². The SMILES string of the molecule is C=C[C@@](O)(C(=O)N1CCCCC1)[C@@H](CCCCCCCCCC)COCc1ccc(OC)cc1. The van der Waals surface area contributed by atoms with Crippen LogP contribution in [-0.4, -0.2) is 48.3 Å². The van der Waals surface area contributed by atoms with Crippen LogP contribution in [0.1, 0.15) is 89.5 Å². The molecule has 0 spiro atoms. The lowest BCUT2D eigenvalue weighted by molar-refractivity contribution is -0.155. The molecule has 192 valence electrons. The summed E-state index contributed by atoms with van der Waals surface area (Å²) in [4.78, 5) is 15.2. The van der Waals surface area contributed by atoms with Crippen LogP contribution in [-0.2, 0) is 16.1 Å². The fourth-order valence-corrected chi connectivity index (χ4v) is 4.77. The zero-order valence-corrected chi connectivity index (χ0v) is 21.6. The molecular weight excluding hydrogens is 426 g/mol. The molecule has 1 aliphatic heterocycles. The Labute approximate surface area is 207 Å². The van der Waals surface area contributed by atoms with Gasteiger partial charge in [-0.2, -0.15) is 0 Å². The number of benzene rings is 1. The Morgan fingerprint density at radius 1 is 1.06 bits per heavy atom. The maximum Gasteiger partial charge on any atom is 0.258 e. The van der Waals surface area contributed by atoms with Gasteiger partial charge in [0, 0.05) is 19.0 Å². The van der Waals surface area contributed by atoms with Gasteiger partial charge in [0.2, 0.25) is 0 Å². The summed E-state index contributed by atoms with van der Waals surface area (Å²) in [6.07, 6.45) is 15.1. The van der Waals surface area contributed by atoms with Crippen molar-refractivity contribution in [2.75, 3.05) is 26.8 Å². The highest BCUT2D eigenvalue weighted by molar-refractivity contribution is 5.87. The van der Waals surface area contributed by atoms with Crippen molar-refractivity contribution in [3.63, 3.8) is 0 Å². The summed E-state index contributed by atoms with van der Waals surface area (Å²) in [6.45, 7) is 8.30. The molecule has 0 aromatic heterocycles. The van der Waals surface area contributed by atoms with Crippen molar-refractivity contribution in [1.82, 2.24) is 4.90 Å². The molecule has 0 bridgehead atoms. The maximum absolute atomic E-state index is 13.4. The monoisotopic (exact) mass is 473 g/mol. The number of nitrogens with zero attached hydrogens (tertiary/aromatic N) is 1. The first-order valence-electron chi connectivity index (χ1n) is 13.4. The van der Waals surface area contributed by atoms with Gasteiger partial charge < -0.3 is 19.5 Å². The molecule has 1 saturated heterocycles. The van der Waals surface area contributed by atoms with E-state index in [2.05, 4.69) is 13.5 Å². The first-order valence-corrected chi connectivity index (χ1v) is 13.4. The lowest BCUT2D eigenvalue weighted by Gasteiger charge is -2.38. The predicted octanol–water partition coefficient (Wildman–Crippen LogP) is 6.29. The van der Waals surface area contributed by atoms with Crippen LogP contribution in [0.2, 0.25) is 0 Å². The number of likely N-dealkylation sites (tertiary alicyclic amines) is 1. The highest BCUT2D eigenvalue weighted by atomic mass is 16.5. The van der Waals surface area contributed by atoms with Crippen molar-refractivity contribution in [1.29, 1.82) is 0 Å². The molecule has 1 heterocycles. The largest absolute Gasteiger partial charge is 0.497 e. The number of piperidine rings is 1. The molecule has 0 saturated carbocycles. The average Bonchev–Trinajstić information content (AvgIpc) is 2.89. The minimum absolute atomic E-state index is 0.209. The Hall–Kier alpha value is -1.85. The summed E-state index contributed by atoms with van der Waals surface area (Å²) >= 11 is 0. The van der Waals surface area contributed by atoms with E-state index >= 15 is 0 Å². The number of ether oxygens (including phenoxy) is 2. The zero-order chi connectivity index (χ0) is 24.7. The first-order chi connectivity index (χ1) is 16.5. The molecule has 0 unspecified atom stereocenters. The molecule has 0 radical (unpaired) electrons. The smallest absolute Gasteiger partial charge is 0.258 e. The van der Waals surface area contributed by atoms with E-state index in [9.17, 15) is 9.90 Å². The number of rotatable bonds is 17. The van der Waals surface area contributed by atoms with Crippen molar-refractivity contribution in [3.8, 4) is 5.75 Å². The normalized spacial score (nSPS) is 16.6. The third-order valence-corrected chi connectivity index (χ3v) is 7.07. The molecule has 5 heteroatoms. The molecule has 1 N–H and O–H groups in total. The highest BCUT2D eigenvalue weighted by Gasteiger charge is 2.43. The van der Waals surface area contributed by atoms with Gasteiger partial charge in [0.1, 0.15) is 5.75 Å². The number of unbranched alkanes of at least 4 members (excludes halogenated alkanes) is 7. The number of aliphatic hydroxyl groups is 1. The molecule has 1 aromatic rings. The van der Waals surface area contributed by atoms with Crippen LogP contribution in [0.5, 0.6) is 5.75 Å². The zero-order valence-electron chi connectivity index (χ0n) is 21.6. The van der Waals surface area contributed by atoms with E-state index < -0.39 is 5.60 Å². The first kappa shape index (κ1) is 28.4. The number of carbonyl (C=O) groups is 1. The van der Waals surface area contributed by atoms with E-state index in [0.717, 1.165) is 49.8 Å². The maximum atomic E-state index is 13.4. The van der Waals surface area contributed by atoms with E-state index in [0.29, 0.717) is 26.3 Å². The Kier molecular flexibility index (Phi) is 13.3. The van der Waals surface area contributed by atoms with Crippen molar-refractivity contribution in [2.45, 2.75) is 96.2 Å². The van der Waals surface area contributed by atoms with E-state index in [4.69, 9.17) is 9.47 Å². The molecule has 1 aliphatic rings. The topological polar surface area (TPSA) is 59.0 Å². The van der Waals surface area contributed by atoms with Gasteiger partial charge >= 0.3 is 0 Å². The van der Waals surface area contributed by atoms with Gasteiger partial charge in [0.25, 0.3) is 5.91 Å². The molecule has 0 aliphatic carbocycles. The van der Waals surface area contributed by atoms with Crippen LogP contribution in [0, 0.1) is 5.92 Å². The van der Waals surface area contributed by atoms with Gasteiger partial charge in [-0.3, -0.25) is 4.79 Å². The summed E-state index contributed by atoms with van der Waals surface area (Å²) in [5.74, 6) is 0.294. The Morgan fingerprint density at radius 2 is 1.68 bits per heavy atom. The molecule has 34 heavy (non-hydrogen) atoms. The predicted molar refractivity (Wildman–Crippen MR) is 139 cm³/mol. The molecule has 2 rings (SSSR count). The minimum atomic E-state index is -1.58. The van der Waals surface area contributed by atoms with Crippen molar-refractivity contribution < 1.29 is 19.4 Å². The van der Waals surface area contributed by atoms with Crippen LogP contribution in [0.25, 0.3) is 0 Å². The quantitative estimate of drug-likeness (QED) is 0.213. The van der Waals surface area contributed by atoms with Crippen LogP contribution in [0.3, 0.4) is 0 Å².